The summed E-state index contributed by atoms with van der Waals surface area (Å²) in [6.07, 6.45) is 0.496. The normalized spacial score (nSPS) is 36.1. The van der Waals surface area contributed by atoms with Gasteiger partial charge in [0.2, 0.25) is 0 Å². The predicted molar refractivity (Wildman–Crippen MR) is 35.5 cm³/mol. The smallest absolute Gasteiger partial charge is 0.175 e. The van der Waals surface area contributed by atoms with Crippen LogP contribution in [-0.4, -0.2) is 23.4 Å². The third-order valence-corrected chi connectivity index (χ3v) is 1.88. The van der Waals surface area contributed by atoms with Gasteiger partial charge in [-0.1, -0.05) is 11.6 Å². The van der Waals surface area contributed by atoms with Gasteiger partial charge >= 0.3 is 0 Å². The van der Waals surface area contributed by atoms with Crippen LogP contribution in [-0.2, 0) is 4.74 Å². The lowest BCUT2D eigenvalue weighted by Gasteiger charge is -2.18. The Morgan fingerprint density at radius 1 is 1.78 bits per heavy atom. The molecule has 0 saturated heterocycles. The summed E-state index contributed by atoms with van der Waals surface area (Å²) in [5.74, 6) is 0. The average Bonchev–Trinajstić information content (AvgIpc) is 1.80. The minimum atomic E-state index is -0.882. The summed E-state index contributed by atoms with van der Waals surface area (Å²) >= 11 is 11.1. The highest BCUT2D eigenvalue weighted by atomic mass is 35.5. The van der Waals surface area contributed by atoms with Gasteiger partial charge in [-0.15, -0.1) is 11.6 Å². The lowest BCUT2D eigenvalue weighted by Crippen LogP contribution is -2.22. The van der Waals surface area contributed by atoms with Gasteiger partial charge in [0.05, 0.1) is 12.0 Å². The van der Waals surface area contributed by atoms with E-state index in [1.165, 1.54) is 6.08 Å². The summed E-state index contributed by atoms with van der Waals surface area (Å²) in [6.45, 7) is 0.276. The molecule has 0 aromatic heterocycles. The standard InChI is InChI=1S/C5H6Cl2O2/c6-3-1-5(8)9-2-4(3)7/h1,4-5,8H,2H2. The minimum absolute atomic E-state index is 0.276. The molecule has 9 heavy (non-hydrogen) atoms. The van der Waals surface area contributed by atoms with Gasteiger partial charge in [0.15, 0.2) is 6.29 Å². The van der Waals surface area contributed by atoms with Crippen LogP contribution in [0.25, 0.3) is 0 Å². The van der Waals surface area contributed by atoms with Crippen LogP contribution in [0, 0.1) is 0 Å². The summed E-state index contributed by atoms with van der Waals surface area (Å²) in [6, 6.07) is 0. The first-order valence-electron chi connectivity index (χ1n) is 2.51. The SMILES string of the molecule is OC1C=C(Cl)C(Cl)CO1. The van der Waals surface area contributed by atoms with Crippen LogP contribution < -0.4 is 0 Å². The second-order valence-electron chi connectivity index (χ2n) is 1.74. The Morgan fingerprint density at radius 2 is 2.44 bits per heavy atom. The van der Waals surface area contributed by atoms with E-state index in [1.54, 1.807) is 0 Å². The Kier molecular flexibility index (Phi) is 2.35. The maximum Gasteiger partial charge on any atom is 0.175 e. The number of halogens is 2. The van der Waals surface area contributed by atoms with Gasteiger partial charge in [-0.25, -0.2) is 0 Å². The number of alkyl halides is 1. The highest BCUT2D eigenvalue weighted by molar-refractivity contribution is 6.37. The van der Waals surface area contributed by atoms with E-state index in [-0.39, 0.29) is 12.0 Å². The number of hydrogen-bond donors (Lipinski definition) is 1. The second kappa shape index (κ2) is 2.88. The first kappa shape index (κ1) is 7.35. The van der Waals surface area contributed by atoms with Crippen LogP contribution in [0.3, 0.4) is 0 Å². The Morgan fingerprint density at radius 3 is 2.89 bits per heavy atom. The van der Waals surface area contributed by atoms with Crippen molar-refractivity contribution in [2.24, 2.45) is 0 Å². The lowest BCUT2D eigenvalue weighted by molar-refractivity contribution is -0.0683. The average molecular weight is 169 g/mol. The Hall–Kier alpha value is 0.240. The zero-order chi connectivity index (χ0) is 6.85. The topological polar surface area (TPSA) is 29.5 Å². The fourth-order valence-corrected chi connectivity index (χ4v) is 0.868. The van der Waals surface area contributed by atoms with E-state index in [1.807, 2.05) is 0 Å². The van der Waals surface area contributed by atoms with Gasteiger partial charge < -0.3 is 9.84 Å². The molecule has 2 nitrogen and oxygen atoms in total. The van der Waals surface area contributed by atoms with Crippen molar-refractivity contribution in [1.29, 1.82) is 0 Å². The van der Waals surface area contributed by atoms with Crippen molar-refractivity contribution in [1.82, 2.24) is 0 Å². The van der Waals surface area contributed by atoms with Gasteiger partial charge in [-0.3, -0.25) is 0 Å². The molecular weight excluding hydrogens is 163 g/mol. The predicted octanol–water partition coefficient (Wildman–Crippen LogP) is 1.07. The van der Waals surface area contributed by atoms with E-state index >= 15 is 0 Å². The van der Waals surface area contributed by atoms with Crippen LogP contribution in [0.2, 0.25) is 0 Å². The first-order valence-corrected chi connectivity index (χ1v) is 3.32. The van der Waals surface area contributed by atoms with Crippen LogP contribution in [0.4, 0.5) is 0 Å². The highest BCUT2D eigenvalue weighted by Crippen LogP contribution is 2.20. The fraction of sp³-hybridized carbons (Fsp3) is 0.600. The molecule has 0 spiro atoms. The van der Waals surface area contributed by atoms with Crippen molar-refractivity contribution in [3.8, 4) is 0 Å². The van der Waals surface area contributed by atoms with Crippen molar-refractivity contribution in [2.75, 3.05) is 6.61 Å². The molecule has 0 radical (unpaired) electrons. The van der Waals surface area contributed by atoms with E-state index in [0.717, 1.165) is 0 Å². The largest absolute Gasteiger partial charge is 0.365 e. The highest BCUT2D eigenvalue weighted by Gasteiger charge is 2.17. The molecule has 0 aliphatic carbocycles. The Bertz CT molecular complexity index is 135. The van der Waals surface area contributed by atoms with Gasteiger partial charge in [-0.05, 0) is 6.08 Å². The molecule has 0 aromatic carbocycles. The number of hydrogen-bond acceptors (Lipinski definition) is 2. The molecule has 1 aliphatic rings. The third-order valence-electron chi connectivity index (χ3n) is 1.01. The molecule has 1 N–H and O–H groups in total. The monoisotopic (exact) mass is 168 g/mol. The molecule has 2 atom stereocenters. The molecular formula is C5H6Cl2O2. The summed E-state index contributed by atoms with van der Waals surface area (Å²) in [5, 5.41) is 8.91. The molecule has 2 unspecified atom stereocenters. The number of rotatable bonds is 0. The Balaban J connectivity index is 2.61. The van der Waals surface area contributed by atoms with Crippen molar-refractivity contribution in [3.05, 3.63) is 11.1 Å². The Labute approximate surface area is 63.0 Å². The van der Waals surface area contributed by atoms with E-state index < -0.39 is 6.29 Å². The molecule has 1 heterocycles. The molecule has 0 amide bonds. The number of ether oxygens (including phenoxy) is 1. The summed E-state index contributed by atoms with van der Waals surface area (Å²) in [5.41, 5.74) is 0. The quantitative estimate of drug-likeness (QED) is 0.549. The summed E-state index contributed by atoms with van der Waals surface area (Å²) < 4.78 is 4.72. The van der Waals surface area contributed by atoms with E-state index in [0.29, 0.717) is 5.03 Å². The molecule has 4 heteroatoms. The van der Waals surface area contributed by atoms with Crippen molar-refractivity contribution < 1.29 is 9.84 Å². The third kappa shape index (κ3) is 1.83. The van der Waals surface area contributed by atoms with E-state index in [2.05, 4.69) is 0 Å². The van der Waals surface area contributed by atoms with Crippen LogP contribution in [0.1, 0.15) is 0 Å². The van der Waals surface area contributed by atoms with E-state index in [4.69, 9.17) is 33.0 Å². The number of aliphatic hydroxyl groups is 1. The fourth-order valence-electron chi connectivity index (χ4n) is 0.551. The second-order valence-corrected chi connectivity index (χ2v) is 2.71. The van der Waals surface area contributed by atoms with Crippen molar-refractivity contribution in [2.45, 2.75) is 11.7 Å². The molecule has 52 valence electrons. The van der Waals surface area contributed by atoms with Gasteiger partial charge in [-0.2, -0.15) is 0 Å². The zero-order valence-electron chi connectivity index (χ0n) is 4.55. The molecule has 0 saturated carbocycles. The summed E-state index contributed by atoms with van der Waals surface area (Å²) in [7, 11) is 0. The van der Waals surface area contributed by atoms with Crippen LogP contribution in [0.15, 0.2) is 11.1 Å². The van der Waals surface area contributed by atoms with Gasteiger partial charge in [0.25, 0.3) is 0 Å². The minimum Gasteiger partial charge on any atom is -0.365 e. The van der Waals surface area contributed by atoms with E-state index in [9.17, 15) is 0 Å². The van der Waals surface area contributed by atoms with Gasteiger partial charge in [0, 0.05) is 5.03 Å². The summed E-state index contributed by atoms with van der Waals surface area (Å²) in [4.78, 5) is 0. The van der Waals surface area contributed by atoms with Crippen LogP contribution in [0.5, 0.6) is 0 Å². The molecule has 1 rings (SSSR count). The first-order chi connectivity index (χ1) is 4.20. The maximum atomic E-state index is 8.76. The molecule has 0 bridgehead atoms. The van der Waals surface area contributed by atoms with Gasteiger partial charge in [0.1, 0.15) is 0 Å². The molecule has 1 aliphatic heterocycles. The molecule has 0 aromatic rings. The lowest BCUT2D eigenvalue weighted by atomic mass is 10.3. The molecule has 0 fully saturated rings. The van der Waals surface area contributed by atoms with Crippen molar-refractivity contribution >= 4 is 23.2 Å². The zero-order valence-corrected chi connectivity index (χ0v) is 6.06. The maximum absolute atomic E-state index is 8.76. The van der Waals surface area contributed by atoms with Crippen LogP contribution >= 0.6 is 23.2 Å². The number of aliphatic hydroxyl groups excluding tert-OH is 1. The van der Waals surface area contributed by atoms with Crippen molar-refractivity contribution in [3.63, 3.8) is 0 Å².